The Bertz CT molecular complexity index is 489. The Kier molecular flexibility index (Phi) is 7.11. The molecule has 0 saturated carbocycles. The molecule has 0 aliphatic rings. The molecule has 1 aromatic rings. The first kappa shape index (κ1) is 17.4. The molecule has 5 nitrogen and oxygen atoms in total. The van der Waals surface area contributed by atoms with Crippen molar-refractivity contribution in [1.29, 1.82) is 0 Å². The third-order valence-corrected chi connectivity index (χ3v) is 3.18. The maximum absolute atomic E-state index is 13.8. The van der Waals surface area contributed by atoms with Gasteiger partial charge in [0.2, 0.25) is 0 Å². The number of aliphatic hydroxyl groups is 1. The predicted octanol–water partition coefficient (Wildman–Crippen LogP) is 1.87. The van der Waals surface area contributed by atoms with Crippen LogP contribution in [0.15, 0.2) is 18.2 Å². The van der Waals surface area contributed by atoms with Crippen molar-refractivity contribution in [2.45, 2.75) is 12.8 Å². The standard InChI is InChI=1S/C14H17ClFNO4/c1-21-12(19)6-8-17(7-3-9-18)14(20)13-10(15)4-2-5-11(13)16/h2,4-5,18H,3,6-9H2,1H3. The molecule has 1 aromatic carbocycles. The molecule has 0 bridgehead atoms. The van der Waals surface area contributed by atoms with E-state index in [0.29, 0.717) is 6.42 Å². The largest absolute Gasteiger partial charge is 0.469 e. The summed E-state index contributed by atoms with van der Waals surface area (Å²) in [6, 6.07) is 3.97. The third kappa shape index (κ3) is 4.99. The number of rotatable bonds is 7. The number of nitrogens with zero attached hydrogens (tertiary/aromatic N) is 1. The van der Waals surface area contributed by atoms with Crippen LogP contribution < -0.4 is 0 Å². The van der Waals surface area contributed by atoms with Gasteiger partial charge in [-0.05, 0) is 18.6 Å². The monoisotopic (exact) mass is 317 g/mol. The van der Waals surface area contributed by atoms with Gasteiger partial charge in [-0.2, -0.15) is 0 Å². The molecule has 0 aliphatic heterocycles. The maximum atomic E-state index is 13.8. The Hall–Kier alpha value is -1.66. The Morgan fingerprint density at radius 1 is 1.38 bits per heavy atom. The summed E-state index contributed by atoms with van der Waals surface area (Å²) < 4.78 is 18.3. The van der Waals surface area contributed by atoms with Crippen LogP contribution >= 0.6 is 11.6 Å². The maximum Gasteiger partial charge on any atom is 0.307 e. The molecule has 0 saturated heterocycles. The third-order valence-electron chi connectivity index (χ3n) is 2.86. The van der Waals surface area contributed by atoms with Crippen LogP contribution in [0.3, 0.4) is 0 Å². The summed E-state index contributed by atoms with van der Waals surface area (Å²) in [5, 5.41) is 8.88. The molecule has 1 amide bonds. The molecule has 0 atom stereocenters. The molecule has 0 spiro atoms. The smallest absolute Gasteiger partial charge is 0.307 e. The van der Waals surface area contributed by atoms with Gasteiger partial charge in [0.05, 0.1) is 24.1 Å². The van der Waals surface area contributed by atoms with Gasteiger partial charge in [-0.15, -0.1) is 0 Å². The lowest BCUT2D eigenvalue weighted by atomic mass is 10.1. The minimum absolute atomic E-state index is 0.00654. The number of methoxy groups -OCH3 is 1. The number of carbonyl (C=O) groups excluding carboxylic acids is 2. The van der Waals surface area contributed by atoms with Crippen molar-refractivity contribution >= 4 is 23.5 Å². The minimum atomic E-state index is -0.723. The predicted molar refractivity (Wildman–Crippen MR) is 75.6 cm³/mol. The Morgan fingerprint density at radius 2 is 2.10 bits per heavy atom. The van der Waals surface area contributed by atoms with Gasteiger partial charge < -0.3 is 14.7 Å². The molecular weight excluding hydrogens is 301 g/mol. The van der Waals surface area contributed by atoms with Crippen LogP contribution in [-0.4, -0.2) is 48.7 Å². The van der Waals surface area contributed by atoms with Gasteiger partial charge in [0, 0.05) is 19.7 Å². The van der Waals surface area contributed by atoms with Crippen molar-refractivity contribution in [3.63, 3.8) is 0 Å². The molecule has 7 heteroatoms. The number of aliphatic hydroxyl groups excluding tert-OH is 1. The van der Waals surface area contributed by atoms with Crippen molar-refractivity contribution in [2.24, 2.45) is 0 Å². The SMILES string of the molecule is COC(=O)CCN(CCCO)C(=O)c1c(F)cccc1Cl. The van der Waals surface area contributed by atoms with Crippen molar-refractivity contribution in [1.82, 2.24) is 4.90 Å². The highest BCUT2D eigenvalue weighted by molar-refractivity contribution is 6.33. The zero-order chi connectivity index (χ0) is 15.8. The Balaban J connectivity index is 2.91. The minimum Gasteiger partial charge on any atom is -0.469 e. The number of amides is 1. The highest BCUT2D eigenvalue weighted by atomic mass is 35.5. The summed E-state index contributed by atoms with van der Waals surface area (Å²) in [7, 11) is 1.25. The molecular formula is C14H17ClFNO4. The number of halogens is 2. The molecule has 0 fully saturated rings. The highest BCUT2D eigenvalue weighted by Crippen LogP contribution is 2.21. The normalized spacial score (nSPS) is 10.3. The van der Waals surface area contributed by atoms with Crippen LogP contribution in [0.1, 0.15) is 23.2 Å². The van der Waals surface area contributed by atoms with Crippen LogP contribution in [0.4, 0.5) is 4.39 Å². The van der Waals surface area contributed by atoms with Gasteiger partial charge in [0.25, 0.3) is 5.91 Å². The second kappa shape index (κ2) is 8.59. The van der Waals surface area contributed by atoms with Crippen LogP contribution in [0, 0.1) is 5.82 Å². The van der Waals surface area contributed by atoms with E-state index in [0.717, 1.165) is 6.07 Å². The van der Waals surface area contributed by atoms with Gasteiger partial charge >= 0.3 is 5.97 Å². The fraction of sp³-hybridized carbons (Fsp3) is 0.429. The van der Waals surface area contributed by atoms with Crippen molar-refractivity contribution in [3.8, 4) is 0 Å². The van der Waals surface area contributed by atoms with Crippen molar-refractivity contribution in [2.75, 3.05) is 26.8 Å². The van der Waals surface area contributed by atoms with E-state index in [1.807, 2.05) is 0 Å². The van der Waals surface area contributed by atoms with Crippen molar-refractivity contribution in [3.05, 3.63) is 34.6 Å². The van der Waals surface area contributed by atoms with Crippen LogP contribution in [0.2, 0.25) is 5.02 Å². The van der Waals surface area contributed by atoms with Gasteiger partial charge in [0.15, 0.2) is 0 Å². The van der Waals surface area contributed by atoms with Gasteiger partial charge in [-0.3, -0.25) is 9.59 Å². The lowest BCUT2D eigenvalue weighted by molar-refractivity contribution is -0.140. The first-order valence-corrected chi connectivity index (χ1v) is 6.80. The number of esters is 1. The van der Waals surface area contributed by atoms with Crippen LogP contribution in [0.5, 0.6) is 0 Å². The van der Waals surface area contributed by atoms with E-state index < -0.39 is 17.7 Å². The number of benzene rings is 1. The number of ether oxygens (including phenoxy) is 1. The molecule has 0 aromatic heterocycles. The first-order chi connectivity index (χ1) is 10.0. The lowest BCUT2D eigenvalue weighted by Gasteiger charge is -2.22. The molecule has 0 aliphatic carbocycles. The molecule has 1 N–H and O–H groups in total. The van der Waals surface area contributed by atoms with E-state index >= 15 is 0 Å². The van der Waals surface area contributed by atoms with Gasteiger partial charge in [0.1, 0.15) is 5.82 Å². The lowest BCUT2D eigenvalue weighted by Crippen LogP contribution is -2.35. The van der Waals surface area contributed by atoms with Crippen LogP contribution in [-0.2, 0) is 9.53 Å². The fourth-order valence-electron chi connectivity index (χ4n) is 1.77. The summed E-state index contributed by atoms with van der Waals surface area (Å²) in [6.07, 6.45) is 0.304. The van der Waals surface area contributed by atoms with Gasteiger partial charge in [-0.25, -0.2) is 4.39 Å². The molecule has 0 heterocycles. The quantitative estimate of drug-likeness (QED) is 0.780. The fourth-order valence-corrected chi connectivity index (χ4v) is 2.01. The zero-order valence-corrected chi connectivity index (χ0v) is 12.4. The second-order valence-electron chi connectivity index (χ2n) is 4.29. The topological polar surface area (TPSA) is 66.8 Å². The van der Waals surface area contributed by atoms with E-state index in [1.165, 1.54) is 24.1 Å². The zero-order valence-electron chi connectivity index (χ0n) is 11.6. The average molecular weight is 318 g/mol. The Labute approximate surface area is 127 Å². The molecule has 0 radical (unpaired) electrons. The van der Waals surface area contributed by atoms with E-state index in [1.54, 1.807) is 0 Å². The van der Waals surface area contributed by atoms with E-state index in [9.17, 15) is 14.0 Å². The van der Waals surface area contributed by atoms with Gasteiger partial charge in [-0.1, -0.05) is 17.7 Å². The van der Waals surface area contributed by atoms with E-state index in [4.69, 9.17) is 16.7 Å². The Morgan fingerprint density at radius 3 is 2.67 bits per heavy atom. The van der Waals surface area contributed by atoms with E-state index in [-0.39, 0.29) is 36.7 Å². The summed E-state index contributed by atoms with van der Waals surface area (Å²) >= 11 is 5.86. The number of hydrogen-bond acceptors (Lipinski definition) is 4. The molecule has 21 heavy (non-hydrogen) atoms. The average Bonchev–Trinajstić information content (AvgIpc) is 2.46. The summed E-state index contributed by atoms with van der Waals surface area (Å²) in [4.78, 5) is 24.8. The summed E-state index contributed by atoms with van der Waals surface area (Å²) in [5.74, 6) is -1.81. The molecule has 116 valence electrons. The summed E-state index contributed by atoms with van der Waals surface area (Å²) in [5.41, 5.74) is -0.234. The van der Waals surface area contributed by atoms with Crippen LogP contribution in [0.25, 0.3) is 0 Å². The first-order valence-electron chi connectivity index (χ1n) is 6.42. The highest BCUT2D eigenvalue weighted by Gasteiger charge is 2.22. The van der Waals surface area contributed by atoms with Crippen molar-refractivity contribution < 1.29 is 23.8 Å². The molecule has 1 rings (SSSR count). The number of hydrogen-bond donors (Lipinski definition) is 1. The number of carbonyl (C=O) groups is 2. The molecule has 0 unspecified atom stereocenters. The second-order valence-corrected chi connectivity index (χ2v) is 4.70. The van der Waals surface area contributed by atoms with E-state index in [2.05, 4.69) is 4.74 Å². The summed E-state index contributed by atoms with van der Waals surface area (Å²) in [6.45, 7) is 0.139.